The molecule has 0 aliphatic heterocycles. The van der Waals surface area contributed by atoms with E-state index in [2.05, 4.69) is 10.6 Å². The molecule has 0 spiro atoms. The molecular weight excluding hydrogens is 312 g/mol. The number of nitrogens with one attached hydrogen (secondary N) is 2. The smallest absolute Gasteiger partial charge is 0.243 e. The van der Waals surface area contributed by atoms with Crippen LogP contribution in [0.2, 0.25) is 0 Å². The molecule has 1 unspecified atom stereocenters. The van der Waals surface area contributed by atoms with Crippen LogP contribution in [-0.2, 0) is 9.59 Å². The standard InChI is InChI=1S/C17H24N2O3S/c1-12(20)18-16(17(21)19-13-5-3-4-6-13)11-23-15-9-7-14(22-2)8-10-15/h7-10,13,16H,3-6,11H2,1-2H3,(H,18,20)(H,19,21). The highest BCUT2D eigenvalue weighted by molar-refractivity contribution is 7.99. The van der Waals surface area contributed by atoms with Gasteiger partial charge in [0.05, 0.1) is 7.11 Å². The van der Waals surface area contributed by atoms with Crippen LogP contribution in [0.4, 0.5) is 0 Å². The topological polar surface area (TPSA) is 67.4 Å². The van der Waals surface area contributed by atoms with Gasteiger partial charge < -0.3 is 15.4 Å². The zero-order valence-electron chi connectivity index (χ0n) is 13.6. The van der Waals surface area contributed by atoms with Crippen LogP contribution in [0, 0.1) is 0 Å². The third-order valence-electron chi connectivity index (χ3n) is 3.87. The maximum Gasteiger partial charge on any atom is 0.243 e. The van der Waals surface area contributed by atoms with Crippen molar-refractivity contribution in [3.05, 3.63) is 24.3 Å². The summed E-state index contributed by atoms with van der Waals surface area (Å²) in [5.41, 5.74) is 0. The van der Waals surface area contributed by atoms with Gasteiger partial charge in [-0.1, -0.05) is 12.8 Å². The molecule has 1 fully saturated rings. The van der Waals surface area contributed by atoms with Gasteiger partial charge >= 0.3 is 0 Å². The molecule has 0 aromatic heterocycles. The Morgan fingerprint density at radius 3 is 2.48 bits per heavy atom. The quantitative estimate of drug-likeness (QED) is 0.750. The number of amides is 2. The Labute approximate surface area is 141 Å². The summed E-state index contributed by atoms with van der Waals surface area (Å²) in [5, 5.41) is 5.80. The minimum Gasteiger partial charge on any atom is -0.497 e. The molecule has 1 atom stereocenters. The summed E-state index contributed by atoms with van der Waals surface area (Å²) in [6, 6.07) is 7.40. The highest BCUT2D eigenvalue weighted by Gasteiger charge is 2.24. The molecule has 2 amide bonds. The van der Waals surface area contributed by atoms with Crippen molar-refractivity contribution < 1.29 is 14.3 Å². The lowest BCUT2D eigenvalue weighted by atomic mass is 10.2. The SMILES string of the molecule is COc1ccc(SCC(NC(C)=O)C(=O)NC2CCCC2)cc1. The van der Waals surface area contributed by atoms with Crippen molar-refractivity contribution >= 4 is 23.6 Å². The molecular formula is C17H24N2O3S. The number of carbonyl (C=O) groups is 2. The van der Waals surface area contributed by atoms with Crippen molar-refractivity contribution in [2.24, 2.45) is 0 Å². The number of hydrogen-bond acceptors (Lipinski definition) is 4. The minimum atomic E-state index is -0.514. The summed E-state index contributed by atoms with van der Waals surface area (Å²) in [6.07, 6.45) is 4.39. The van der Waals surface area contributed by atoms with Gasteiger partial charge in [-0.25, -0.2) is 0 Å². The summed E-state index contributed by atoms with van der Waals surface area (Å²) in [7, 11) is 1.63. The minimum absolute atomic E-state index is 0.0897. The Morgan fingerprint density at radius 2 is 1.91 bits per heavy atom. The first-order valence-electron chi connectivity index (χ1n) is 7.93. The van der Waals surface area contributed by atoms with Crippen LogP contribution in [0.5, 0.6) is 5.75 Å². The molecule has 126 valence electrons. The van der Waals surface area contributed by atoms with E-state index in [4.69, 9.17) is 4.74 Å². The van der Waals surface area contributed by atoms with Crippen molar-refractivity contribution in [3.63, 3.8) is 0 Å². The summed E-state index contributed by atoms with van der Waals surface area (Å²) >= 11 is 1.54. The van der Waals surface area contributed by atoms with Gasteiger partial charge in [0.2, 0.25) is 11.8 Å². The fourth-order valence-corrected chi connectivity index (χ4v) is 3.57. The molecule has 2 N–H and O–H groups in total. The zero-order chi connectivity index (χ0) is 16.7. The second-order valence-electron chi connectivity index (χ2n) is 5.73. The van der Waals surface area contributed by atoms with Crippen molar-refractivity contribution in [1.82, 2.24) is 10.6 Å². The van der Waals surface area contributed by atoms with Crippen LogP contribution in [0.3, 0.4) is 0 Å². The number of methoxy groups -OCH3 is 1. The summed E-state index contributed by atoms with van der Waals surface area (Å²) in [6.45, 7) is 1.44. The maximum absolute atomic E-state index is 12.4. The molecule has 0 radical (unpaired) electrons. The first-order chi connectivity index (χ1) is 11.1. The first kappa shape index (κ1) is 17.7. The second-order valence-corrected chi connectivity index (χ2v) is 6.82. The Morgan fingerprint density at radius 1 is 1.26 bits per heavy atom. The van der Waals surface area contributed by atoms with Crippen LogP contribution >= 0.6 is 11.8 Å². The largest absolute Gasteiger partial charge is 0.497 e. The van der Waals surface area contributed by atoms with Crippen LogP contribution in [-0.4, -0.2) is 36.8 Å². The van der Waals surface area contributed by atoms with Gasteiger partial charge in [0.1, 0.15) is 11.8 Å². The molecule has 0 heterocycles. The Bertz CT molecular complexity index is 527. The highest BCUT2D eigenvalue weighted by atomic mass is 32.2. The molecule has 1 saturated carbocycles. The number of rotatable bonds is 7. The molecule has 1 aliphatic rings. The van der Waals surface area contributed by atoms with Gasteiger partial charge in [-0.05, 0) is 37.1 Å². The Balaban J connectivity index is 1.90. The fraction of sp³-hybridized carbons (Fsp3) is 0.529. The van der Waals surface area contributed by atoms with Gasteiger partial charge in [0, 0.05) is 23.6 Å². The van der Waals surface area contributed by atoms with Gasteiger partial charge in [0.15, 0.2) is 0 Å². The van der Waals surface area contributed by atoms with Crippen molar-refractivity contribution in [2.75, 3.05) is 12.9 Å². The van der Waals surface area contributed by atoms with Crippen molar-refractivity contribution in [3.8, 4) is 5.75 Å². The molecule has 2 rings (SSSR count). The van der Waals surface area contributed by atoms with Crippen LogP contribution in [0.15, 0.2) is 29.2 Å². The lowest BCUT2D eigenvalue weighted by Crippen LogP contribution is -2.50. The van der Waals surface area contributed by atoms with E-state index < -0.39 is 6.04 Å². The molecule has 23 heavy (non-hydrogen) atoms. The molecule has 6 heteroatoms. The summed E-state index contributed by atoms with van der Waals surface area (Å²) < 4.78 is 5.13. The second kappa shape index (κ2) is 8.82. The fourth-order valence-electron chi connectivity index (χ4n) is 2.65. The lowest BCUT2D eigenvalue weighted by molar-refractivity contribution is -0.127. The Hall–Kier alpha value is -1.69. The van der Waals surface area contributed by atoms with E-state index in [0.717, 1.165) is 36.3 Å². The lowest BCUT2D eigenvalue weighted by Gasteiger charge is -2.20. The normalized spacial score (nSPS) is 15.9. The molecule has 1 aliphatic carbocycles. The molecule has 1 aromatic rings. The number of hydrogen-bond donors (Lipinski definition) is 2. The number of thioether (sulfide) groups is 1. The molecule has 0 saturated heterocycles. The van der Waals surface area contributed by atoms with Crippen LogP contribution in [0.25, 0.3) is 0 Å². The summed E-state index contributed by atoms with van der Waals surface area (Å²) in [5.74, 6) is 1.02. The average Bonchev–Trinajstić information content (AvgIpc) is 3.04. The average molecular weight is 336 g/mol. The number of ether oxygens (including phenoxy) is 1. The third kappa shape index (κ3) is 5.78. The van der Waals surface area contributed by atoms with Crippen LogP contribution in [0.1, 0.15) is 32.6 Å². The van der Waals surface area contributed by atoms with E-state index in [-0.39, 0.29) is 17.9 Å². The van der Waals surface area contributed by atoms with Gasteiger partial charge in [-0.15, -0.1) is 11.8 Å². The van der Waals surface area contributed by atoms with E-state index in [1.807, 2.05) is 24.3 Å². The number of benzene rings is 1. The van der Waals surface area contributed by atoms with Crippen molar-refractivity contribution in [1.29, 1.82) is 0 Å². The number of carbonyl (C=O) groups excluding carboxylic acids is 2. The monoisotopic (exact) mass is 336 g/mol. The van der Waals surface area contributed by atoms with Crippen molar-refractivity contribution in [2.45, 2.75) is 49.6 Å². The summed E-state index contributed by atoms with van der Waals surface area (Å²) in [4.78, 5) is 24.8. The van der Waals surface area contributed by atoms with E-state index >= 15 is 0 Å². The Kier molecular flexibility index (Phi) is 6.77. The molecule has 5 nitrogen and oxygen atoms in total. The predicted octanol–water partition coefficient (Wildman–Crippen LogP) is 2.35. The third-order valence-corrected chi connectivity index (χ3v) is 4.98. The van der Waals surface area contributed by atoms with Gasteiger partial charge in [-0.2, -0.15) is 0 Å². The van der Waals surface area contributed by atoms with Gasteiger partial charge in [0.25, 0.3) is 0 Å². The van der Waals surface area contributed by atoms with Gasteiger partial charge in [-0.3, -0.25) is 9.59 Å². The van der Waals surface area contributed by atoms with Crippen LogP contribution < -0.4 is 15.4 Å². The van der Waals surface area contributed by atoms with E-state index in [9.17, 15) is 9.59 Å². The highest BCUT2D eigenvalue weighted by Crippen LogP contribution is 2.22. The van der Waals surface area contributed by atoms with E-state index in [1.54, 1.807) is 18.9 Å². The van der Waals surface area contributed by atoms with E-state index in [0.29, 0.717) is 5.75 Å². The molecule has 0 bridgehead atoms. The zero-order valence-corrected chi connectivity index (χ0v) is 14.4. The predicted molar refractivity (Wildman–Crippen MR) is 91.7 cm³/mol. The first-order valence-corrected chi connectivity index (χ1v) is 8.91. The van der Waals surface area contributed by atoms with E-state index in [1.165, 1.54) is 6.92 Å². The molecule has 1 aromatic carbocycles. The maximum atomic E-state index is 12.4.